The summed E-state index contributed by atoms with van der Waals surface area (Å²) in [6, 6.07) is 50.2. The normalized spacial score (nSPS) is 11.6. The summed E-state index contributed by atoms with van der Waals surface area (Å²) in [5.74, 6) is 0.994. The molecule has 0 atom stereocenters. The fourth-order valence-corrected chi connectivity index (χ4v) is 9.59. The molecule has 3 heteroatoms. The number of para-hydroxylation sites is 2. The van der Waals surface area contributed by atoms with Crippen molar-refractivity contribution in [2.24, 2.45) is 7.05 Å². The summed E-state index contributed by atoms with van der Waals surface area (Å²) < 4.78 is 2.23. The Kier molecular flexibility index (Phi) is 5.52. The second-order valence-electron chi connectivity index (χ2n) is 8.68. The van der Waals surface area contributed by atoms with Crippen molar-refractivity contribution in [2.75, 3.05) is 0 Å². The molecule has 0 unspecified atom stereocenters. The van der Waals surface area contributed by atoms with Gasteiger partial charge in [-0.3, -0.25) is 0 Å². The van der Waals surface area contributed by atoms with Crippen molar-refractivity contribution in [1.29, 1.82) is 0 Å². The summed E-state index contributed by atoms with van der Waals surface area (Å²) in [4.78, 5) is 5.12. The molecular weight excluding hydrogens is 443 g/mol. The highest BCUT2D eigenvalue weighted by Gasteiger charge is 2.49. The first-order valence-corrected chi connectivity index (χ1v) is 13.7. The van der Waals surface area contributed by atoms with Crippen LogP contribution in [0.2, 0.25) is 0 Å². The van der Waals surface area contributed by atoms with Gasteiger partial charge in [-0.15, -0.1) is 0 Å². The second-order valence-corrected chi connectivity index (χ2v) is 12.1. The Balaban J connectivity index is 1.76. The summed E-state index contributed by atoms with van der Waals surface area (Å²) >= 11 is 0. The third kappa shape index (κ3) is 3.50. The van der Waals surface area contributed by atoms with E-state index in [9.17, 15) is 0 Å². The lowest BCUT2D eigenvalue weighted by Gasteiger charge is -2.29. The third-order valence-corrected chi connectivity index (χ3v) is 11.1. The molecule has 0 fully saturated rings. The Morgan fingerprint density at radius 2 is 0.971 bits per heavy atom. The monoisotopic (exact) mass is 469 g/mol. The molecule has 0 N–H and O–H groups in total. The Bertz CT molecular complexity index is 1490. The third-order valence-electron chi connectivity index (χ3n) is 6.72. The molecule has 168 valence electrons. The molecule has 0 aliphatic rings. The summed E-state index contributed by atoms with van der Waals surface area (Å²) in [7, 11) is -0.105. The van der Waals surface area contributed by atoms with Gasteiger partial charge in [0.05, 0.1) is 16.6 Å². The van der Waals surface area contributed by atoms with Crippen LogP contribution in [0.25, 0.3) is 22.4 Å². The van der Waals surface area contributed by atoms with E-state index in [1.54, 1.807) is 0 Å². The van der Waals surface area contributed by atoms with E-state index in [1.165, 1.54) is 26.8 Å². The fourth-order valence-electron chi connectivity index (χ4n) is 5.16. The van der Waals surface area contributed by atoms with Crippen LogP contribution >= 0.6 is 7.26 Å². The Morgan fingerprint density at radius 3 is 1.51 bits per heavy atom. The lowest BCUT2D eigenvalue weighted by molar-refractivity contribution is 0.960. The highest BCUT2D eigenvalue weighted by molar-refractivity contribution is 8.01. The molecule has 1 aromatic heterocycles. The molecule has 0 spiro atoms. The first-order valence-electron chi connectivity index (χ1n) is 11.9. The van der Waals surface area contributed by atoms with E-state index in [4.69, 9.17) is 4.98 Å². The molecule has 0 amide bonds. The number of imidazole rings is 1. The summed E-state index contributed by atoms with van der Waals surface area (Å²) in [6.45, 7) is 0. The molecule has 0 bridgehead atoms. The van der Waals surface area contributed by atoms with Crippen molar-refractivity contribution in [3.8, 4) is 11.4 Å². The van der Waals surface area contributed by atoms with Gasteiger partial charge in [-0.05, 0) is 60.7 Å². The number of aryl methyl sites for hydroxylation is 1. The van der Waals surface area contributed by atoms with Gasteiger partial charge < -0.3 is 4.57 Å². The van der Waals surface area contributed by atoms with Crippen molar-refractivity contribution in [3.05, 3.63) is 140 Å². The molecule has 0 saturated carbocycles. The van der Waals surface area contributed by atoms with Crippen molar-refractivity contribution >= 4 is 39.5 Å². The van der Waals surface area contributed by atoms with E-state index >= 15 is 0 Å². The predicted molar refractivity (Wildman–Crippen MR) is 151 cm³/mol. The van der Waals surface area contributed by atoms with Gasteiger partial charge in [-0.2, -0.15) is 0 Å². The highest BCUT2D eigenvalue weighted by atomic mass is 31.2. The van der Waals surface area contributed by atoms with Crippen LogP contribution in [0.1, 0.15) is 0 Å². The van der Waals surface area contributed by atoms with E-state index in [0.29, 0.717) is 0 Å². The van der Waals surface area contributed by atoms with E-state index in [1.807, 2.05) is 0 Å². The van der Waals surface area contributed by atoms with Gasteiger partial charge in [-0.1, -0.05) is 78.9 Å². The van der Waals surface area contributed by atoms with Crippen LogP contribution in [-0.4, -0.2) is 9.55 Å². The van der Waals surface area contributed by atoms with Gasteiger partial charge in [-0.25, -0.2) is 4.98 Å². The molecule has 0 aliphatic carbocycles. The van der Waals surface area contributed by atoms with Gasteiger partial charge in [0.1, 0.15) is 34.3 Å². The quantitative estimate of drug-likeness (QED) is 0.289. The van der Waals surface area contributed by atoms with E-state index in [0.717, 1.165) is 16.9 Å². The number of aromatic nitrogens is 2. The Labute approximate surface area is 206 Å². The van der Waals surface area contributed by atoms with Crippen molar-refractivity contribution in [1.82, 2.24) is 9.55 Å². The summed E-state index contributed by atoms with van der Waals surface area (Å²) in [5, 5.41) is 5.33. The zero-order chi connectivity index (χ0) is 23.7. The fraction of sp³-hybridized carbons (Fsp3) is 0.0312. The lowest BCUT2D eigenvalue weighted by Crippen LogP contribution is -2.39. The lowest BCUT2D eigenvalue weighted by atomic mass is 10.2. The van der Waals surface area contributed by atoms with Crippen molar-refractivity contribution in [2.45, 2.75) is 0 Å². The molecule has 2 nitrogen and oxygen atoms in total. The van der Waals surface area contributed by atoms with Crippen LogP contribution in [0.15, 0.2) is 140 Å². The van der Waals surface area contributed by atoms with Gasteiger partial charge in [0.2, 0.25) is 0 Å². The van der Waals surface area contributed by atoms with Gasteiger partial charge >= 0.3 is 0 Å². The topological polar surface area (TPSA) is 17.8 Å². The number of hydrogen-bond acceptors (Lipinski definition) is 1. The standard InChI is InChI=1S/C32H26N2P/c1-34-30-23-13-12-22-29(30)33-32(34)28-21-11-14-24-31(28)35(25-15-5-2-6-16-25,26-17-7-3-8-18-26)27-19-9-4-10-20-27/h2-24H,1H3/q+1. The van der Waals surface area contributed by atoms with Gasteiger partial charge in [0, 0.05) is 7.05 Å². The first kappa shape index (κ1) is 21.5. The molecule has 0 radical (unpaired) electrons. The van der Waals surface area contributed by atoms with Crippen LogP contribution in [-0.2, 0) is 7.05 Å². The van der Waals surface area contributed by atoms with Crippen LogP contribution in [0.5, 0.6) is 0 Å². The summed E-state index contributed by atoms with van der Waals surface area (Å²) in [6.07, 6.45) is 0. The first-order chi connectivity index (χ1) is 17.3. The Hall–Kier alpha value is -4.00. The number of hydrogen-bond donors (Lipinski definition) is 0. The average Bonchev–Trinajstić information content (AvgIpc) is 3.28. The zero-order valence-electron chi connectivity index (χ0n) is 19.6. The number of fused-ring (bicyclic) bond motifs is 1. The largest absolute Gasteiger partial charge is 0.327 e. The van der Waals surface area contributed by atoms with Crippen LogP contribution < -0.4 is 21.2 Å². The minimum Gasteiger partial charge on any atom is -0.327 e. The van der Waals surface area contributed by atoms with Crippen molar-refractivity contribution < 1.29 is 0 Å². The van der Waals surface area contributed by atoms with Gasteiger partial charge in [0.25, 0.3) is 0 Å². The van der Waals surface area contributed by atoms with Crippen LogP contribution in [0.4, 0.5) is 0 Å². The molecule has 6 aromatic rings. The molecule has 0 aliphatic heterocycles. The minimum absolute atomic E-state index is 0.994. The predicted octanol–water partition coefficient (Wildman–Crippen LogP) is 5.86. The molecular formula is C32H26N2P+. The second kappa shape index (κ2) is 8.98. The summed E-state index contributed by atoms with van der Waals surface area (Å²) in [5.41, 5.74) is 3.33. The maximum Gasteiger partial charge on any atom is 0.145 e. The van der Waals surface area contributed by atoms with Gasteiger partial charge in [0.15, 0.2) is 0 Å². The number of benzene rings is 5. The molecule has 6 rings (SSSR count). The van der Waals surface area contributed by atoms with Crippen molar-refractivity contribution in [3.63, 3.8) is 0 Å². The molecule has 5 aromatic carbocycles. The number of nitrogens with zero attached hydrogens (tertiary/aromatic N) is 2. The number of rotatable bonds is 5. The average molecular weight is 470 g/mol. The highest BCUT2D eigenvalue weighted by Crippen LogP contribution is 2.55. The molecule has 35 heavy (non-hydrogen) atoms. The molecule has 0 saturated heterocycles. The minimum atomic E-state index is -2.23. The molecule has 1 heterocycles. The maximum absolute atomic E-state index is 5.12. The Morgan fingerprint density at radius 1 is 0.514 bits per heavy atom. The SMILES string of the molecule is Cn1c(-c2ccccc2[P+](c2ccccc2)(c2ccccc2)c2ccccc2)nc2ccccc21. The van der Waals surface area contributed by atoms with E-state index in [-0.39, 0.29) is 0 Å². The van der Waals surface area contributed by atoms with Crippen LogP contribution in [0, 0.1) is 0 Å². The smallest absolute Gasteiger partial charge is 0.145 e. The van der Waals surface area contributed by atoms with Crippen LogP contribution in [0.3, 0.4) is 0 Å². The van der Waals surface area contributed by atoms with E-state index in [2.05, 4.69) is 151 Å². The maximum atomic E-state index is 5.12. The zero-order valence-corrected chi connectivity index (χ0v) is 20.5. The van der Waals surface area contributed by atoms with E-state index < -0.39 is 7.26 Å².